The molecule has 6 nitrogen and oxygen atoms in total. The fraction of sp³-hybridized carbons (Fsp3) is 0.917. The largest absolute Gasteiger partial charge is 0.444 e. The summed E-state index contributed by atoms with van der Waals surface area (Å²) in [4.78, 5) is 27.4. The molecule has 30 heavy (non-hydrogen) atoms. The smallest absolute Gasteiger partial charge is 0.410 e. The Balaban J connectivity index is 0.000000171. The van der Waals surface area contributed by atoms with E-state index in [0.717, 1.165) is 49.9 Å². The molecular weight excluding hydrogens is 380 g/mol. The lowest BCUT2D eigenvalue weighted by atomic mass is 10.0. The van der Waals surface area contributed by atoms with Crippen molar-refractivity contribution in [1.82, 2.24) is 9.80 Å². The summed E-state index contributed by atoms with van der Waals surface area (Å²) < 4.78 is 10.7. The minimum absolute atomic E-state index is 0.128. The zero-order valence-corrected chi connectivity index (χ0v) is 19.9. The Morgan fingerprint density at radius 2 is 0.867 bits per heavy atom. The van der Waals surface area contributed by atoms with Gasteiger partial charge in [-0.3, -0.25) is 0 Å². The number of fused-ring (bicyclic) bond motifs is 2. The van der Waals surface area contributed by atoms with Gasteiger partial charge in [0.1, 0.15) is 11.2 Å². The number of amides is 2. The van der Waals surface area contributed by atoms with Crippen LogP contribution in [-0.2, 0) is 9.47 Å². The molecule has 0 N–H and O–H groups in total. The summed E-state index contributed by atoms with van der Waals surface area (Å²) >= 11 is 0. The van der Waals surface area contributed by atoms with Gasteiger partial charge in [-0.05, 0) is 90.9 Å². The number of hydrogen-bond donors (Lipinski definition) is 0. The zero-order chi connectivity index (χ0) is 22.1. The zero-order valence-electron chi connectivity index (χ0n) is 19.9. The van der Waals surface area contributed by atoms with Crippen LogP contribution in [0.3, 0.4) is 0 Å². The molecule has 0 aromatic heterocycles. The van der Waals surface area contributed by atoms with Crippen molar-refractivity contribution < 1.29 is 19.1 Å². The minimum atomic E-state index is -0.366. The predicted molar refractivity (Wildman–Crippen MR) is 117 cm³/mol. The Labute approximate surface area is 182 Å². The highest BCUT2D eigenvalue weighted by atomic mass is 16.6. The van der Waals surface area contributed by atoms with E-state index in [9.17, 15) is 9.59 Å². The summed E-state index contributed by atoms with van der Waals surface area (Å²) in [6.07, 6.45) is 7.62. The van der Waals surface area contributed by atoms with Crippen molar-refractivity contribution in [2.45, 2.75) is 91.3 Å². The van der Waals surface area contributed by atoms with Gasteiger partial charge in [-0.25, -0.2) is 9.59 Å². The van der Waals surface area contributed by atoms with Crippen molar-refractivity contribution in [3.63, 3.8) is 0 Å². The number of nitrogens with zero attached hydrogens (tertiary/aromatic N) is 2. The Kier molecular flexibility index (Phi) is 6.93. The van der Waals surface area contributed by atoms with Crippen LogP contribution in [0.4, 0.5) is 9.59 Å². The molecule has 0 unspecified atom stereocenters. The predicted octanol–water partition coefficient (Wildman–Crippen LogP) is 5.31. The second-order valence-electron chi connectivity index (χ2n) is 11.7. The topological polar surface area (TPSA) is 59.1 Å². The van der Waals surface area contributed by atoms with E-state index in [2.05, 4.69) is 0 Å². The van der Waals surface area contributed by atoms with Gasteiger partial charge < -0.3 is 19.3 Å². The van der Waals surface area contributed by atoms with Gasteiger partial charge in [-0.1, -0.05) is 12.8 Å². The first-order valence-corrected chi connectivity index (χ1v) is 11.9. The Bertz CT molecular complexity index is 544. The second-order valence-corrected chi connectivity index (χ2v) is 11.7. The normalized spacial score (nSPS) is 30.5. The van der Waals surface area contributed by atoms with E-state index < -0.39 is 0 Å². The molecule has 2 aliphatic carbocycles. The van der Waals surface area contributed by atoms with E-state index in [4.69, 9.17) is 9.47 Å². The van der Waals surface area contributed by atoms with Crippen LogP contribution in [0.15, 0.2) is 0 Å². The average molecular weight is 423 g/mol. The maximum Gasteiger partial charge on any atom is 0.410 e. The van der Waals surface area contributed by atoms with Crippen molar-refractivity contribution >= 4 is 12.2 Å². The minimum Gasteiger partial charge on any atom is -0.444 e. The molecule has 0 radical (unpaired) electrons. The number of carbonyl (C=O) groups excluding carboxylic acids is 2. The second kappa shape index (κ2) is 8.96. The molecule has 2 heterocycles. The van der Waals surface area contributed by atoms with Crippen molar-refractivity contribution in [2.75, 3.05) is 26.2 Å². The maximum absolute atomic E-state index is 11.8. The Morgan fingerprint density at radius 1 is 0.600 bits per heavy atom. The molecule has 4 rings (SSSR count). The lowest BCUT2D eigenvalue weighted by Gasteiger charge is -2.24. The first-order valence-electron chi connectivity index (χ1n) is 11.9. The van der Waals surface area contributed by atoms with Crippen LogP contribution in [0.25, 0.3) is 0 Å². The summed E-state index contributed by atoms with van der Waals surface area (Å²) in [6.45, 7) is 15.2. The van der Waals surface area contributed by atoms with E-state index in [-0.39, 0.29) is 23.4 Å². The van der Waals surface area contributed by atoms with Gasteiger partial charge in [0.05, 0.1) is 0 Å². The molecule has 2 saturated heterocycles. The Hall–Kier alpha value is -1.46. The van der Waals surface area contributed by atoms with E-state index >= 15 is 0 Å². The molecule has 0 aromatic rings. The number of ether oxygens (including phenoxy) is 2. The molecule has 4 aliphatic rings. The lowest BCUT2D eigenvalue weighted by molar-refractivity contribution is 0.0270. The quantitative estimate of drug-likeness (QED) is 0.531. The molecule has 2 saturated carbocycles. The summed E-state index contributed by atoms with van der Waals surface area (Å²) in [7, 11) is 0. The van der Waals surface area contributed by atoms with Crippen molar-refractivity contribution in [3.8, 4) is 0 Å². The van der Waals surface area contributed by atoms with E-state index in [0.29, 0.717) is 0 Å². The summed E-state index contributed by atoms with van der Waals surface area (Å²) in [5.74, 6) is 2.99. The van der Waals surface area contributed by atoms with E-state index in [1.54, 1.807) is 0 Å². The lowest BCUT2D eigenvalue weighted by Crippen LogP contribution is -2.35. The number of carbonyl (C=O) groups is 2. The van der Waals surface area contributed by atoms with Gasteiger partial charge >= 0.3 is 12.2 Å². The molecule has 4 atom stereocenters. The van der Waals surface area contributed by atoms with Crippen LogP contribution in [0.1, 0.15) is 80.1 Å². The van der Waals surface area contributed by atoms with Crippen LogP contribution >= 0.6 is 0 Å². The number of likely N-dealkylation sites (tertiary alicyclic amines) is 2. The molecule has 2 amide bonds. The maximum atomic E-state index is 11.8. The molecule has 2 aliphatic heterocycles. The van der Waals surface area contributed by atoms with Gasteiger partial charge in [-0.2, -0.15) is 0 Å². The average Bonchev–Trinajstić information content (AvgIpc) is 3.31. The Morgan fingerprint density at radius 3 is 1.10 bits per heavy atom. The standard InChI is InChI=1S/2C12H21NO2/c2*1-12(2,3)15-11(14)13-7-9-5-4-6-10(9)8-13/h2*9-10H,4-8H2,1-3H3/t2*9-,10-/m10/s1. The molecular formula is C24H42N2O4. The molecule has 0 spiro atoms. The number of hydrogen-bond acceptors (Lipinski definition) is 4. The first-order chi connectivity index (χ1) is 13.9. The van der Waals surface area contributed by atoms with Gasteiger partial charge in [0.2, 0.25) is 0 Å². The third-order valence-corrected chi connectivity index (χ3v) is 6.76. The fourth-order valence-electron chi connectivity index (χ4n) is 5.42. The van der Waals surface area contributed by atoms with Crippen LogP contribution in [0, 0.1) is 23.7 Å². The summed E-state index contributed by atoms with van der Waals surface area (Å²) in [5, 5.41) is 0. The number of rotatable bonds is 0. The van der Waals surface area contributed by atoms with Gasteiger partial charge in [-0.15, -0.1) is 0 Å². The van der Waals surface area contributed by atoms with Crippen LogP contribution < -0.4 is 0 Å². The SMILES string of the molecule is CC(C)(C)OC(=O)N1C[C@@H]2CCC[C@H]2C1.CC(C)(C)OC(=O)N1C[C@H]2CCC[C@@H]2C1. The fourth-order valence-corrected chi connectivity index (χ4v) is 5.42. The monoisotopic (exact) mass is 422 g/mol. The molecule has 0 aromatic carbocycles. The van der Waals surface area contributed by atoms with Crippen molar-refractivity contribution in [3.05, 3.63) is 0 Å². The highest BCUT2D eigenvalue weighted by Crippen LogP contribution is 2.39. The highest BCUT2D eigenvalue weighted by molar-refractivity contribution is 5.69. The van der Waals surface area contributed by atoms with Gasteiger partial charge in [0, 0.05) is 26.2 Å². The molecule has 172 valence electrons. The van der Waals surface area contributed by atoms with Crippen molar-refractivity contribution in [2.24, 2.45) is 23.7 Å². The van der Waals surface area contributed by atoms with E-state index in [1.807, 2.05) is 51.3 Å². The highest BCUT2D eigenvalue weighted by Gasteiger charge is 2.40. The molecule has 6 heteroatoms. The van der Waals surface area contributed by atoms with E-state index in [1.165, 1.54) is 38.5 Å². The molecule has 4 fully saturated rings. The summed E-state index contributed by atoms with van der Waals surface area (Å²) in [6, 6.07) is 0. The third kappa shape index (κ3) is 6.27. The summed E-state index contributed by atoms with van der Waals surface area (Å²) in [5.41, 5.74) is -0.733. The van der Waals surface area contributed by atoms with Gasteiger partial charge in [0.25, 0.3) is 0 Å². The third-order valence-electron chi connectivity index (χ3n) is 6.76. The van der Waals surface area contributed by atoms with Crippen LogP contribution in [0.5, 0.6) is 0 Å². The first kappa shape index (κ1) is 23.2. The molecule has 0 bridgehead atoms. The van der Waals surface area contributed by atoms with Crippen molar-refractivity contribution in [1.29, 1.82) is 0 Å². The van der Waals surface area contributed by atoms with Gasteiger partial charge in [0.15, 0.2) is 0 Å². The van der Waals surface area contributed by atoms with Crippen LogP contribution in [-0.4, -0.2) is 59.4 Å². The van der Waals surface area contributed by atoms with Crippen LogP contribution in [0.2, 0.25) is 0 Å².